The summed E-state index contributed by atoms with van der Waals surface area (Å²) in [6.07, 6.45) is 2.21. The predicted octanol–water partition coefficient (Wildman–Crippen LogP) is 3.65. The molecule has 2 rings (SSSR count). The van der Waals surface area contributed by atoms with Crippen LogP contribution >= 0.6 is 0 Å². The molecule has 0 amide bonds. The minimum Gasteiger partial charge on any atom is -0.378 e. The van der Waals surface area contributed by atoms with Crippen molar-refractivity contribution in [3.63, 3.8) is 0 Å². The zero-order valence-electron chi connectivity index (χ0n) is 12.6. The summed E-state index contributed by atoms with van der Waals surface area (Å²) >= 11 is 0. The van der Waals surface area contributed by atoms with Crippen LogP contribution in [0.2, 0.25) is 0 Å². The van der Waals surface area contributed by atoms with Gasteiger partial charge in [-0.05, 0) is 43.1 Å². The maximum absolute atomic E-state index is 3.42. The topological polar surface area (TPSA) is 15.3 Å². The number of hydrogen-bond acceptors (Lipinski definition) is 2. The fraction of sp³-hybridized carbons (Fsp3) is 0.333. The van der Waals surface area contributed by atoms with Gasteiger partial charge in [-0.1, -0.05) is 42.5 Å². The van der Waals surface area contributed by atoms with E-state index in [9.17, 15) is 0 Å². The summed E-state index contributed by atoms with van der Waals surface area (Å²) in [7, 11) is 6.18. The molecule has 2 aromatic rings. The lowest BCUT2D eigenvalue weighted by Crippen LogP contribution is -2.17. The van der Waals surface area contributed by atoms with Crippen LogP contribution in [0.15, 0.2) is 54.6 Å². The van der Waals surface area contributed by atoms with Gasteiger partial charge in [0.1, 0.15) is 0 Å². The summed E-state index contributed by atoms with van der Waals surface area (Å²) in [5.74, 6) is 0. The number of nitrogens with zero attached hydrogens (tertiary/aromatic N) is 1. The van der Waals surface area contributed by atoms with Crippen molar-refractivity contribution in [3.05, 3.63) is 65.7 Å². The van der Waals surface area contributed by atoms with E-state index in [1.807, 2.05) is 7.05 Å². The first-order valence-corrected chi connectivity index (χ1v) is 7.19. The number of hydrogen-bond donors (Lipinski definition) is 1. The summed E-state index contributed by atoms with van der Waals surface area (Å²) in [4.78, 5) is 2.13. The van der Waals surface area contributed by atoms with E-state index in [2.05, 4.69) is 78.9 Å². The van der Waals surface area contributed by atoms with E-state index < -0.39 is 0 Å². The molecular formula is C18H24N2. The van der Waals surface area contributed by atoms with Gasteiger partial charge in [0, 0.05) is 25.8 Å². The minimum absolute atomic E-state index is 0.409. The Morgan fingerprint density at radius 1 is 0.950 bits per heavy atom. The molecule has 0 fully saturated rings. The Hall–Kier alpha value is -1.80. The first-order chi connectivity index (χ1) is 9.70. The summed E-state index contributed by atoms with van der Waals surface area (Å²) in [5, 5.41) is 3.42. The normalized spacial score (nSPS) is 12.2. The highest BCUT2D eigenvalue weighted by Crippen LogP contribution is 2.21. The first kappa shape index (κ1) is 14.6. The molecule has 0 radical (unpaired) electrons. The lowest BCUT2D eigenvalue weighted by atomic mass is 9.99. The van der Waals surface area contributed by atoms with E-state index in [0.29, 0.717) is 6.04 Å². The van der Waals surface area contributed by atoms with Crippen LogP contribution in [0.4, 0.5) is 5.69 Å². The third-order valence-corrected chi connectivity index (χ3v) is 3.72. The van der Waals surface area contributed by atoms with E-state index in [-0.39, 0.29) is 0 Å². The zero-order valence-corrected chi connectivity index (χ0v) is 12.6. The van der Waals surface area contributed by atoms with Crippen molar-refractivity contribution >= 4 is 5.69 Å². The highest BCUT2D eigenvalue weighted by molar-refractivity contribution is 5.46. The maximum Gasteiger partial charge on any atom is 0.0361 e. The number of anilines is 1. The predicted molar refractivity (Wildman–Crippen MR) is 87.3 cm³/mol. The van der Waals surface area contributed by atoms with Crippen molar-refractivity contribution in [1.82, 2.24) is 5.32 Å². The highest BCUT2D eigenvalue weighted by Gasteiger charge is 2.09. The van der Waals surface area contributed by atoms with Crippen molar-refractivity contribution in [2.75, 3.05) is 26.0 Å². The first-order valence-electron chi connectivity index (χ1n) is 7.19. The van der Waals surface area contributed by atoms with Gasteiger partial charge >= 0.3 is 0 Å². The third kappa shape index (κ3) is 3.84. The van der Waals surface area contributed by atoms with Gasteiger partial charge in [-0.2, -0.15) is 0 Å². The average Bonchev–Trinajstić information content (AvgIpc) is 2.49. The second-order valence-corrected chi connectivity index (χ2v) is 5.35. The van der Waals surface area contributed by atoms with Crippen LogP contribution in [0.25, 0.3) is 0 Å². The molecule has 0 aliphatic heterocycles. The van der Waals surface area contributed by atoms with Gasteiger partial charge in [0.15, 0.2) is 0 Å². The number of aryl methyl sites for hydroxylation is 1. The van der Waals surface area contributed by atoms with Crippen LogP contribution in [0.1, 0.15) is 23.6 Å². The van der Waals surface area contributed by atoms with Gasteiger partial charge in [0.05, 0.1) is 0 Å². The molecule has 0 saturated heterocycles. The smallest absolute Gasteiger partial charge is 0.0361 e. The molecule has 0 aliphatic carbocycles. The summed E-state index contributed by atoms with van der Waals surface area (Å²) in [6.45, 7) is 0. The Balaban J connectivity index is 2.01. The molecule has 2 aromatic carbocycles. The molecule has 106 valence electrons. The summed E-state index contributed by atoms with van der Waals surface area (Å²) in [5.41, 5.74) is 4.00. The van der Waals surface area contributed by atoms with Gasteiger partial charge in [-0.25, -0.2) is 0 Å². The third-order valence-electron chi connectivity index (χ3n) is 3.72. The van der Waals surface area contributed by atoms with Gasteiger partial charge in [0.25, 0.3) is 0 Å². The van der Waals surface area contributed by atoms with Gasteiger partial charge in [0.2, 0.25) is 0 Å². The lowest BCUT2D eigenvalue weighted by molar-refractivity contribution is 0.549. The van der Waals surface area contributed by atoms with Crippen molar-refractivity contribution < 1.29 is 0 Å². The molecule has 1 unspecified atom stereocenters. The molecule has 0 bridgehead atoms. The summed E-state index contributed by atoms with van der Waals surface area (Å²) < 4.78 is 0. The van der Waals surface area contributed by atoms with Crippen LogP contribution in [0.3, 0.4) is 0 Å². The second kappa shape index (κ2) is 7.11. The van der Waals surface area contributed by atoms with Crippen LogP contribution < -0.4 is 10.2 Å². The molecule has 0 spiro atoms. The lowest BCUT2D eigenvalue weighted by Gasteiger charge is -2.18. The highest BCUT2D eigenvalue weighted by atomic mass is 15.1. The molecule has 2 nitrogen and oxygen atoms in total. The van der Waals surface area contributed by atoms with Crippen molar-refractivity contribution in [2.45, 2.75) is 18.9 Å². The quantitative estimate of drug-likeness (QED) is 0.860. The van der Waals surface area contributed by atoms with Crippen LogP contribution in [-0.2, 0) is 6.42 Å². The minimum atomic E-state index is 0.409. The van der Waals surface area contributed by atoms with E-state index in [1.54, 1.807) is 0 Å². The second-order valence-electron chi connectivity index (χ2n) is 5.35. The van der Waals surface area contributed by atoms with Crippen molar-refractivity contribution in [3.8, 4) is 0 Å². The maximum atomic E-state index is 3.42. The zero-order chi connectivity index (χ0) is 14.4. The average molecular weight is 268 g/mol. The van der Waals surface area contributed by atoms with E-state index in [0.717, 1.165) is 12.8 Å². The van der Waals surface area contributed by atoms with Crippen molar-refractivity contribution in [1.29, 1.82) is 0 Å². The largest absolute Gasteiger partial charge is 0.378 e. The SMILES string of the molecule is CNC(CCc1ccccc1)c1ccc(N(C)C)cc1. The van der Waals surface area contributed by atoms with E-state index >= 15 is 0 Å². The Kier molecular flexibility index (Phi) is 5.19. The van der Waals surface area contributed by atoms with Crippen molar-refractivity contribution in [2.24, 2.45) is 0 Å². The summed E-state index contributed by atoms with van der Waals surface area (Å²) in [6, 6.07) is 19.9. The van der Waals surface area contributed by atoms with Gasteiger partial charge < -0.3 is 10.2 Å². The fourth-order valence-electron chi connectivity index (χ4n) is 2.44. The van der Waals surface area contributed by atoms with Crippen LogP contribution in [0.5, 0.6) is 0 Å². The number of nitrogens with one attached hydrogen (secondary N) is 1. The molecule has 0 aliphatic rings. The van der Waals surface area contributed by atoms with Crippen LogP contribution in [-0.4, -0.2) is 21.1 Å². The standard InChI is InChI=1S/C18H24N2/c1-19-18(14-9-15-7-5-4-6-8-15)16-10-12-17(13-11-16)20(2)3/h4-8,10-13,18-19H,9,14H2,1-3H3. The molecule has 0 heterocycles. The molecule has 2 heteroatoms. The van der Waals surface area contributed by atoms with Crippen LogP contribution in [0, 0.1) is 0 Å². The fourth-order valence-corrected chi connectivity index (χ4v) is 2.44. The van der Waals surface area contributed by atoms with Gasteiger partial charge in [-0.3, -0.25) is 0 Å². The monoisotopic (exact) mass is 268 g/mol. The molecule has 1 N–H and O–H groups in total. The Labute approximate surface area is 122 Å². The number of benzene rings is 2. The van der Waals surface area contributed by atoms with E-state index in [1.165, 1.54) is 16.8 Å². The molecule has 0 aromatic heterocycles. The molecule has 1 atom stereocenters. The van der Waals surface area contributed by atoms with E-state index in [4.69, 9.17) is 0 Å². The molecule has 20 heavy (non-hydrogen) atoms. The van der Waals surface area contributed by atoms with Gasteiger partial charge in [-0.15, -0.1) is 0 Å². The Morgan fingerprint density at radius 2 is 1.60 bits per heavy atom. The number of rotatable bonds is 6. The molecular weight excluding hydrogens is 244 g/mol. The Morgan fingerprint density at radius 3 is 2.15 bits per heavy atom. The molecule has 0 saturated carbocycles. The Bertz CT molecular complexity index is 503.